The van der Waals surface area contributed by atoms with Gasteiger partial charge in [-0.05, 0) is 35.9 Å². The second kappa shape index (κ2) is 5.74. The van der Waals surface area contributed by atoms with Gasteiger partial charge in [0.2, 0.25) is 0 Å². The molecule has 0 N–H and O–H groups in total. The van der Waals surface area contributed by atoms with Crippen LogP contribution in [-0.4, -0.2) is 14.6 Å². The lowest BCUT2D eigenvalue weighted by Crippen LogP contribution is -1.97. The number of nitrogens with zero attached hydrogens (tertiary/aromatic N) is 1. The molecule has 0 radical (unpaired) electrons. The Morgan fingerprint density at radius 2 is 1.58 bits per heavy atom. The predicted octanol–water partition coefficient (Wildman–Crippen LogP) is 3.80. The molecule has 0 spiro atoms. The van der Waals surface area contributed by atoms with Crippen molar-refractivity contribution in [1.29, 1.82) is 0 Å². The normalized spacial score (nSPS) is 11.9. The van der Waals surface area contributed by atoms with Crippen LogP contribution in [0.3, 0.4) is 0 Å². The quantitative estimate of drug-likeness (QED) is 0.809. The minimum atomic E-state index is -3.75. The highest BCUT2D eigenvalue weighted by Gasteiger charge is 2.11. The van der Waals surface area contributed by atoms with Gasteiger partial charge in [0.25, 0.3) is 10.0 Å². The number of hydrogen-bond acceptors (Lipinski definition) is 2. The molecule has 0 saturated heterocycles. The van der Waals surface area contributed by atoms with E-state index < -0.39 is 10.0 Å². The number of sulfonamides is 1. The first-order valence-electron chi connectivity index (χ1n) is 5.29. The molecule has 0 aliphatic rings. The molecule has 0 fully saturated rings. The van der Waals surface area contributed by atoms with E-state index in [0.717, 1.165) is 0 Å². The monoisotopic (exact) mass is 313 g/mol. The van der Waals surface area contributed by atoms with Crippen molar-refractivity contribution in [3.8, 4) is 0 Å². The fourth-order valence-electron chi connectivity index (χ4n) is 1.41. The van der Waals surface area contributed by atoms with E-state index in [2.05, 4.69) is 4.40 Å². The third kappa shape index (κ3) is 3.80. The highest BCUT2D eigenvalue weighted by Crippen LogP contribution is 2.17. The summed E-state index contributed by atoms with van der Waals surface area (Å²) >= 11 is 11.6. The minimum Gasteiger partial charge on any atom is -0.199 e. The maximum Gasteiger partial charge on any atom is 0.282 e. The van der Waals surface area contributed by atoms with Crippen molar-refractivity contribution < 1.29 is 8.42 Å². The van der Waals surface area contributed by atoms with Crippen LogP contribution in [0.15, 0.2) is 57.8 Å². The smallest absolute Gasteiger partial charge is 0.199 e. The number of benzene rings is 2. The van der Waals surface area contributed by atoms with Crippen molar-refractivity contribution in [3.05, 3.63) is 64.1 Å². The summed E-state index contributed by atoms with van der Waals surface area (Å²) in [7, 11) is -3.75. The van der Waals surface area contributed by atoms with E-state index in [4.69, 9.17) is 23.2 Å². The summed E-state index contributed by atoms with van der Waals surface area (Å²) in [5.41, 5.74) is 0.609. The molecular formula is C13H9Cl2NO2S. The average Bonchev–Trinajstić information content (AvgIpc) is 2.37. The Hall–Kier alpha value is -1.36. The standard InChI is InChI=1S/C13H9Cl2NO2S/c14-11-4-1-3-10(7-11)9-16-19(17,18)13-6-2-5-12(15)8-13/h1-9H/b16-9+. The lowest BCUT2D eigenvalue weighted by atomic mass is 10.2. The molecule has 0 aliphatic heterocycles. The Kier molecular flexibility index (Phi) is 4.24. The van der Waals surface area contributed by atoms with Crippen molar-refractivity contribution >= 4 is 39.4 Å². The summed E-state index contributed by atoms with van der Waals surface area (Å²) in [4.78, 5) is 0.0540. The van der Waals surface area contributed by atoms with Crippen LogP contribution in [0.25, 0.3) is 0 Å². The molecule has 0 aliphatic carbocycles. The molecule has 0 saturated carbocycles. The van der Waals surface area contributed by atoms with Gasteiger partial charge in [-0.25, -0.2) is 0 Å². The summed E-state index contributed by atoms with van der Waals surface area (Å²) < 4.78 is 27.5. The van der Waals surface area contributed by atoms with Crippen LogP contribution in [-0.2, 0) is 10.0 Å². The molecule has 6 heteroatoms. The zero-order valence-corrected chi connectivity index (χ0v) is 12.0. The van der Waals surface area contributed by atoms with Crippen LogP contribution in [0.4, 0.5) is 0 Å². The Morgan fingerprint density at radius 1 is 0.947 bits per heavy atom. The van der Waals surface area contributed by atoms with Crippen LogP contribution >= 0.6 is 23.2 Å². The molecule has 2 aromatic rings. The SMILES string of the molecule is O=S(=O)(/N=C/c1cccc(Cl)c1)c1cccc(Cl)c1. The summed E-state index contributed by atoms with van der Waals surface area (Å²) in [5.74, 6) is 0. The minimum absolute atomic E-state index is 0.0540. The molecule has 0 amide bonds. The molecule has 0 heterocycles. The van der Waals surface area contributed by atoms with Crippen molar-refractivity contribution in [2.45, 2.75) is 4.90 Å². The lowest BCUT2D eigenvalue weighted by molar-refractivity contribution is 0.598. The second-order valence-electron chi connectivity index (χ2n) is 3.72. The van der Waals surface area contributed by atoms with Gasteiger partial charge in [-0.2, -0.15) is 12.8 Å². The van der Waals surface area contributed by atoms with E-state index in [1.54, 1.807) is 36.4 Å². The number of rotatable bonds is 3. The Balaban J connectivity index is 2.32. The average molecular weight is 314 g/mol. The Labute approximate surface area is 121 Å². The van der Waals surface area contributed by atoms with Crippen LogP contribution in [0.5, 0.6) is 0 Å². The predicted molar refractivity (Wildman–Crippen MR) is 77.7 cm³/mol. The topological polar surface area (TPSA) is 46.5 Å². The molecule has 3 nitrogen and oxygen atoms in total. The molecule has 2 aromatic carbocycles. The molecule has 2 rings (SSSR count). The van der Waals surface area contributed by atoms with Crippen molar-refractivity contribution in [2.24, 2.45) is 4.40 Å². The molecular weight excluding hydrogens is 305 g/mol. The van der Waals surface area contributed by atoms with Crippen LogP contribution in [0.2, 0.25) is 10.0 Å². The largest absolute Gasteiger partial charge is 0.282 e. The maximum absolute atomic E-state index is 12.0. The van der Waals surface area contributed by atoms with E-state index in [-0.39, 0.29) is 4.90 Å². The molecule has 0 bridgehead atoms. The molecule has 19 heavy (non-hydrogen) atoms. The zero-order valence-electron chi connectivity index (χ0n) is 9.62. The summed E-state index contributed by atoms with van der Waals surface area (Å²) in [6.07, 6.45) is 1.25. The number of hydrogen-bond donors (Lipinski definition) is 0. The molecule has 98 valence electrons. The van der Waals surface area contributed by atoms with Gasteiger partial charge < -0.3 is 0 Å². The maximum atomic E-state index is 12.0. The van der Waals surface area contributed by atoms with Gasteiger partial charge in [0.15, 0.2) is 0 Å². The van der Waals surface area contributed by atoms with Gasteiger partial charge in [-0.1, -0.05) is 41.4 Å². The van der Waals surface area contributed by atoms with Crippen LogP contribution in [0, 0.1) is 0 Å². The fourth-order valence-corrected chi connectivity index (χ4v) is 2.77. The van der Waals surface area contributed by atoms with Crippen molar-refractivity contribution in [1.82, 2.24) is 0 Å². The first-order chi connectivity index (χ1) is 8.97. The highest BCUT2D eigenvalue weighted by molar-refractivity contribution is 7.90. The molecule has 0 unspecified atom stereocenters. The molecule has 0 atom stereocenters. The lowest BCUT2D eigenvalue weighted by Gasteiger charge is -1.99. The number of halogens is 2. The van der Waals surface area contributed by atoms with Crippen LogP contribution < -0.4 is 0 Å². The van der Waals surface area contributed by atoms with Gasteiger partial charge in [0, 0.05) is 16.3 Å². The van der Waals surface area contributed by atoms with Crippen LogP contribution in [0.1, 0.15) is 5.56 Å². The van der Waals surface area contributed by atoms with Gasteiger partial charge in [-0.15, -0.1) is 0 Å². The van der Waals surface area contributed by atoms with Gasteiger partial charge >= 0.3 is 0 Å². The highest BCUT2D eigenvalue weighted by atomic mass is 35.5. The Bertz CT molecular complexity index is 727. The van der Waals surface area contributed by atoms with E-state index in [9.17, 15) is 8.42 Å². The van der Waals surface area contributed by atoms with E-state index >= 15 is 0 Å². The summed E-state index contributed by atoms with van der Waals surface area (Å²) in [6, 6.07) is 12.7. The third-order valence-corrected chi connectivity index (χ3v) is 3.99. The first kappa shape index (κ1) is 14.1. The van der Waals surface area contributed by atoms with E-state index in [0.29, 0.717) is 15.6 Å². The summed E-state index contributed by atoms with van der Waals surface area (Å²) in [6.45, 7) is 0. The van der Waals surface area contributed by atoms with Crippen molar-refractivity contribution in [2.75, 3.05) is 0 Å². The first-order valence-corrected chi connectivity index (χ1v) is 7.48. The van der Waals surface area contributed by atoms with Crippen molar-refractivity contribution in [3.63, 3.8) is 0 Å². The second-order valence-corrected chi connectivity index (χ2v) is 6.23. The zero-order chi connectivity index (χ0) is 13.9. The van der Waals surface area contributed by atoms with Gasteiger partial charge in [0.05, 0.1) is 4.90 Å². The van der Waals surface area contributed by atoms with Gasteiger partial charge in [0.1, 0.15) is 0 Å². The van der Waals surface area contributed by atoms with E-state index in [1.165, 1.54) is 18.3 Å². The summed E-state index contributed by atoms with van der Waals surface area (Å²) in [5, 5.41) is 0.864. The third-order valence-electron chi connectivity index (χ3n) is 2.28. The van der Waals surface area contributed by atoms with Gasteiger partial charge in [-0.3, -0.25) is 0 Å². The molecule has 0 aromatic heterocycles. The Morgan fingerprint density at radius 3 is 2.21 bits per heavy atom. The van der Waals surface area contributed by atoms with E-state index in [1.807, 2.05) is 0 Å². The fraction of sp³-hybridized carbons (Fsp3) is 0.